The molecule has 1 aliphatic rings. The van der Waals surface area contributed by atoms with Crippen molar-refractivity contribution in [3.05, 3.63) is 76.4 Å². The smallest absolute Gasteiger partial charge is 0.336 e. The van der Waals surface area contributed by atoms with E-state index in [0.717, 1.165) is 5.56 Å². The first-order chi connectivity index (χ1) is 14.4. The molecule has 4 rings (SSSR count). The summed E-state index contributed by atoms with van der Waals surface area (Å²) in [7, 11) is -3.81. The van der Waals surface area contributed by atoms with Crippen LogP contribution in [0.25, 0.3) is 11.0 Å². The average Bonchev–Trinajstić information content (AvgIpc) is 2.75. The highest BCUT2D eigenvalue weighted by Crippen LogP contribution is 2.23. The van der Waals surface area contributed by atoms with Gasteiger partial charge in [-0.1, -0.05) is 12.1 Å². The number of hydrogen-bond acceptors (Lipinski definition) is 6. The van der Waals surface area contributed by atoms with Gasteiger partial charge in [0, 0.05) is 37.1 Å². The summed E-state index contributed by atoms with van der Waals surface area (Å²) in [5, 5.41) is 0.515. The third-order valence-corrected chi connectivity index (χ3v) is 6.53. The highest BCUT2D eigenvalue weighted by atomic mass is 32.2. The second kappa shape index (κ2) is 8.65. The monoisotopic (exact) mass is 432 g/mol. The quantitative estimate of drug-likeness (QED) is 0.602. The molecular weight excluding hydrogens is 411 g/mol. The number of fused-ring (bicyclic) bond motifs is 1. The first kappa shape index (κ1) is 20.7. The van der Waals surface area contributed by atoms with Crippen LogP contribution in [-0.2, 0) is 14.8 Å². The Morgan fingerprint density at radius 3 is 2.50 bits per heavy atom. The Morgan fingerprint density at radius 1 is 1.03 bits per heavy atom. The Labute approximate surface area is 173 Å². The minimum absolute atomic E-state index is 0.0729. The molecule has 7 nitrogen and oxygen atoms in total. The predicted octanol–water partition coefficient (Wildman–Crippen LogP) is 2.28. The number of nitrogens with one attached hydrogen (secondary N) is 1. The lowest BCUT2D eigenvalue weighted by molar-refractivity contribution is 0.0172. The standard InChI is InChI=1S/C21H21FN2O5S/c22-17-4-1-15(2-5-17)19(24-9-11-28-12-10-24)14-23-30(26,27)18-6-7-20-16(13-18)3-8-21(25)29-20/h1-8,13,19,23H,9-12,14H2. The van der Waals surface area contributed by atoms with Gasteiger partial charge in [-0.3, -0.25) is 4.90 Å². The molecule has 158 valence electrons. The van der Waals surface area contributed by atoms with E-state index >= 15 is 0 Å². The molecule has 0 amide bonds. The summed E-state index contributed by atoms with van der Waals surface area (Å²) in [5.41, 5.74) is 0.643. The van der Waals surface area contributed by atoms with Crippen molar-refractivity contribution in [3.8, 4) is 0 Å². The molecular formula is C21H21FN2O5S. The Kier molecular flexibility index (Phi) is 5.96. The fraction of sp³-hybridized carbons (Fsp3) is 0.286. The molecule has 9 heteroatoms. The first-order valence-corrected chi connectivity index (χ1v) is 11.0. The molecule has 2 aromatic carbocycles. The number of halogens is 1. The van der Waals surface area contributed by atoms with Crippen molar-refractivity contribution in [1.29, 1.82) is 0 Å². The molecule has 0 radical (unpaired) electrons. The zero-order valence-electron chi connectivity index (χ0n) is 16.1. The van der Waals surface area contributed by atoms with Crippen LogP contribution in [0, 0.1) is 5.82 Å². The molecule has 2 heterocycles. The molecule has 3 aromatic rings. The summed E-state index contributed by atoms with van der Waals surface area (Å²) in [5.74, 6) is -0.345. The van der Waals surface area contributed by atoms with Crippen LogP contribution in [0.4, 0.5) is 4.39 Å². The van der Waals surface area contributed by atoms with E-state index in [-0.39, 0.29) is 23.3 Å². The minimum Gasteiger partial charge on any atom is -0.423 e. The second-order valence-corrected chi connectivity index (χ2v) is 8.79. The lowest BCUT2D eigenvalue weighted by Crippen LogP contribution is -2.43. The summed E-state index contributed by atoms with van der Waals surface area (Å²) in [4.78, 5) is 13.5. The number of hydrogen-bond donors (Lipinski definition) is 1. The third kappa shape index (κ3) is 4.59. The Balaban J connectivity index is 1.57. The van der Waals surface area contributed by atoms with Gasteiger partial charge in [0.1, 0.15) is 11.4 Å². The van der Waals surface area contributed by atoms with Gasteiger partial charge in [0.05, 0.1) is 18.1 Å². The topological polar surface area (TPSA) is 88.9 Å². The van der Waals surface area contributed by atoms with Crippen LogP contribution >= 0.6 is 0 Å². The van der Waals surface area contributed by atoms with Crippen LogP contribution in [0.2, 0.25) is 0 Å². The second-order valence-electron chi connectivity index (χ2n) is 7.02. The maximum atomic E-state index is 13.4. The van der Waals surface area contributed by atoms with Crippen LogP contribution < -0.4 is 10.3 Å². The van der Waals surface area contributed by atoms with E-state index in [0.29, 0.717) is 37.3 Å². The van der Waals surface area contributed by atoms with Crippen molar-refractivity contribution < 1.29 is 22.0 Å². The van der Waals surface area contributed by atoms with Crippen LogP contribution in [0.1, 0.15) is 11.6 Å². The predicted molar refractivity (Wildman–Crippen MR) is 109 cm³/mol. The molecule has 1 unspecified atom stereocenters. The molecule has 1 fully saturated rings. The van der Waals surface area contributed by atoms with Crippen LogP contribution in [-0.4, -0.2) is 46.2 Å². The van der Waals surface area contributed by atoms with E-state index in [2.05, 4.69) is 9.62 Å². The number of nitrogens with zero attached hydrogens (tertiary/aromatic N) is 1. The molecule has 0 saturated carbocycles. The van der Waals surface area contributed by atoms with Gasteiger partial charge in [-0.05, 0) is 42.0 Å². The fourth-order valence-electron chi connectivity index (χ4n) is 3.52. The van der Waals surface area contributed by atoms with E-state index in [1.165, 1.54) is 42.5 Å². The van der Waals surface area contributed by atoms with Crippen molar-refractivity contribution in [2.45, 2.75) is 10.9 Å². The maximum absolute atomic E-state index is 13.4. The fourth-order valence-corrected chi connectivity index (χ4v) is 4.59. The third-order valence-electron chi connectivity index (χ3n) is 5.11. The molecule has 1 aromatic heterocycles. The Hall–Kier alpha value is -2.59. The normalized spacial score (nSPS) is 16.6. The molecule has 0 bridgehead atoms. The number of sulfonamides is 1. The van der Waals surface area contributed by atoms with E-state index in [9.17, 15) is 17.6 Å². The number of benzene rings is 2. The summed E-state index contributed by atoms with van der Waals surface area (Å²) in [6.45, 7) is 2.54. The zero-order valence-corrected chi connectivity index (χ0v) is 16.9. The Bertz CT molecular complexity index is 1190. The van der Waals surface area contributed by atoms with Gasteiger partial charge < -0.3 is 9.15 Å². The first-order valence-electron chi connectivity index (χ1n) is 9.53. The van der Waals surface area contributed by atoms with E-state index in [1.54, 1.807) is 12.1 Å². The van der Waals surface area contributed by atoms with Crippen molar-refractivity contribution in [2.24, 2.45) is 0 Å². The van der Waals surface area contributed by atoms with Crippen LogP contribution in [0.5, 0.6) is 0 Å². The summed E-state index contributed by atoms with van der Waals surface area (Å²) < 4.78 is 52.3. The van der Waals surface area contributed by atoms with Crippen LogP contribution in [0.15, 0.2) is 68.7 Å². The van der Waals surface area contributed by atoms with Gasteiger partial charge in [0.25, 0.3) is 0 Å². The number of ether oxygens (including phenoxy) is 1. The lowest BCUT2D eigenvalue weighted by atomic mass is 10.0. The molecule has 30 heavy (non-hydrogen) atoms. The van der Waals surface area contributed by atoms with E-state index in [4.69, 9.17) is 9.15 Å². The van der Waals surface area contributed by atoms with Gasteiger partial charge in [0.2, 0.25) is 10.0 Å². The molecule has 1 N–H and O–H groups in total. The largest absolute Gasteiger partial charge is 0.423 e. The van der Waals surface area contributed by atoms with Crippen molar-refractivity contribution in [3.63, 3.8) is 0 Å². The van der Waals surface area contributed by atoms with E-state index in [1.807, 2.05) is 0 Å². The minimum atomic E-state index is -3.81. The van der Waals surface area contributed by atoms with Crippen LogP contribution in [0.3, 0.4) is 0 Å². The summed E-state index contributed by atoms with van der Waals surface area (Å²) in [6.07, 6.45) is 0. The highest BCUT2D eigenvalue weighted by molar-refractivity contribution is 7.89. The number of rotatable bonds is 6. The van der Waals surface area contributed by atoms with Gasteiger partial charge in [-0.2, -0.15) is 0 Å². The zero-order chi connectivity index (χ0) is 21.1. The average molecular weight is 432 g/mol. The molecule has 0 aliphatic carbocycles. The lowest BCUT2D eigenvalue weighted by Gasteiger charge is -2.34. The summed E-state index contributed by atoms with van der Waals surface area (Å²) in [6, 6.07) is 12.9. The summed E-state index contributed by atoms with van der Waals surface area (Å²) >= 11 is 0. The highest BCUT2D eigenvalue weighted by Gasteiger charge is 2.25. The van der Waals surface area contributed by atoms with Crippen molar-refractivity contribution in [1.82, 2.24) is 9.62 Å². The van der Waals surface area contributed by atoms with Gasteiger partial charge in [0.15, 0.2) is 0 Å². The van der Waals surface area contributed by atoms with Crippen molar-refractivity contribution >= 4 is 21.0 Å². The molecule has 1 saturated heterocycles. The van der Waals surface area contributed by atoms with Gasteiger partial charge in [-0.15, -0.1) is 0 Å². The molecule has 1 atom stereocenters. The Morgan fingerprint density at radius 2 is 1.77 bits per heavy atom. The van der Waals surface area contributed by atoms with Crippen molar-refractivity contribution in [2.75, 3.05) is 32.8 Å². The number of morpholine rings is 1. The maximum Gasteiger partial charge on any atom is 0.336 e. The van der Waals surface area contributed by atoms with Gasteiger partial charge >= 0.3 is 5.63 Å². The molecule has 0 spiro atoms. The SMILES string of the molecule is O=c1ccc2cc(S(=O)(=O)NCC(c3ccc(F)cc3)N3CCOCC3)ccc2o1. The van der Waals surface area contributed by atoms with Gasteiger partial charge in [-0.25, -0.2) is 22.3 Å². The molecule has 1 aliphatic heterocycles. The van der Waals surface area contributed by atoms with E-state index < -0.39 is 15.6 Å².